The molecular formula is C19H22N2O4S. The van der Waals surface area contributed by atoms with Crippen LogP contribution >= 0.6 is 11.3 Å². The van der Waals surface area contributed by atoms with E-state index in [0.717, 1.165) is 10.4 Å². The van der Waals surface area contributed by atoms with Gasteiger partial charge in [-0.3, -0.25) is 9.59 Å². The summed E-state index contributed by atoms with van der Waals surface area (Å²) in [7, 11) is 3.44. The molecule has 1 aliphatic rings. The Balaban J connectivity index is 1.72. The second-order valence-electron chi connectivity index (χ2n) is 6.62. The van der Waals surface area contributed by atoms with Crippen molar-refractivity contribution in [2.75, 3.05) is 27.2 Å². The van der Waals surface area contributed by atoms with Gasteiger partial charge in [0.2, 0.25) is 0 Å². The maximum absolute atomic E-state index is 12.6. The van der Waals surface area contributed by atoms with Crippen LogP contribution < -0.4 is 0 Å². The van der Waals surface area contributed by atoms with Crippen molar-refractivity contribution in [2.24, 2.45) is 0 Å². The Morgan fingerprint density at radius 1 is 1.08 bits per heavy atom. The van der Waals surface area contributed by atoms with Crippen LogP contribution in [-0.4, -0.2) is 71.2 Å². The van der Waals surface area contributed by atoms with E-state index in [9.17, 15) is 19.8 Å². The van der Waals surface area contributed by atoms with Crippen molar-refractivity contribution in [3.63, 3.8) is 0 Å². The molecule has 2 N–H and O–H groups in total. The van der Waals surface area contributed by atoms with Crippen LogP contribution in [0, 0.1) is 0 Å². The van der Waals surface area contributed by atoms with Crippen LogP contribution in [0.5, 0.6) is 0 Å². The second-order valence-corrected chi connectivity index (χ2v) is 7.70. The van der Waals surface area contributed by atoms with E-state index < -0.39 is 12.2 Å². The number of aliphatic hydroxyl groups is 2. The number of aliphatic hydroxyl groups excluding tert-OH is 2. The van der Waals surface area contributed by atoms with Gasteiger partial charge >= 0.3 is 0 Å². The van der Waals surface area contributed by atoms with Crippen LogP contribution in [-0.2, 0) is 0 Å². The van der Waals surface area contributed by atoms with Crippen LogP contribution in [0.1, 0.15) is 26.5 Å². The van der Waals surface area contributed by atoms with Crippen LogP contribution in [0.15, 0.2) is 36.4 Å². The number of carbonyl (C=O) groups excluding carboxylic acids is 2. The first-order valence-corrected chi connectivity index (χ1v) is 9.26. The van der Waals surface area contributed by atoms with Gasteiger partial charge in [-0.1, -0.05) is 12.1 Å². The molecule has 0 spiro atoms. The number of hydrogen-bond acceptors (Lipinski definition) is 5. The van der Waals surface area contributed by atoms with Gasteiger partial charge in [-0.25, -0.2) is 0 Å². The van der Waals surface area contributed by atoms with E-state index in [2.05, 4.69) is 0 Å². The lowest BCUT2D eigenvalue weighted by molar-refractivity contribution is -0.0321. The molecule has 2 atom stereocenters. The number of hydrogen-bond donors (Lipinski definition) is 2. The fourth-order valence-corrected chi connectivity index (χ4v) is 3.92. The number of amides is 2. The molecule has 2 aromatic rings. The van der Waals surface area contributed by atoms with Crippen molar-refractivity contribution < 1.29 is 19.8 Å². The summed E-state index contributed by atoms with van der Waals surface area (Å²) in [6.45, 7) is 0.572. The molecule has 1 aromatic carbocycles. The molecular weight excluding hydrogens is 352 g/mol. The number of nitrogens with zero attached hydrogens (tertiary/aromatic N) is 2. The summed E-state index contributed by atoms with van der Waals surface area (Å²) in [6, 6.07) is 10.9. The minimum Gasteiger partial charge on any atom is -0.390 e. The topological polar surface area (TPSA) is 81.1 Å². The zero-order valence-electron chi connectivity index (χ0n) is 14.8. The van der Waals surface area contributed by atoms with Gasteiger partial charge in [-0.05, 0) is 36.2 Å². The van der Waals surface area contributed by atoms with Crippen molar-refractivity contribution in [1.82, 2.24) is 9.80 Å². The Bertz CT molecular complexity index is 800. The smallest absolute Gasteiger partial charge is 0.263 e. The fourth-order valence-electron chi connectivity index (χ4n) is 2.89. The molecule has 6 nitrogen and oxygen atoms in total. The summed E-state index contributed by atoms with van der Waals surface area (Å²) in [6.07, 6.45) is -1.28. The Labute approximate surface area is 156 Å². The maximum atomic E-state index is 12.6. The van der Waals surface area contributed by atoms with Crippen molar-refractivity contribution in [3.8, 4) is 10.4 Å². The first-order valence-electron chi connectivity index (χ1n) is 8.44. The van der Waals surface area contributed by atoms with Gasteiger partial charge in [0, 0.05) is 37.6 Å². The van der Waals surface area contributed by atoms with Crippen LogP contribution in [0.4, 0.5) is 0 Å². The van der Waals surface area contributed by atoms with Gasteiger partial charge in [-0.15, -0.1) is 11.3 Å². The summed E-state index contributed by atoms with van der Waals surface area (Å²) in [4.78, 5) is 29.3. The van der Waals surface area contributed by atoms with E-state index in [4.69, 9.17) is 0 Å². The molecule has 2 heterocycles. The Hall–Kier alpha value is -2.22. The molecule has 0 radical (unpaired) electrons. The summed E-state index contributed by atoms with van der Waals surface area (Å²) in [5, 5.41) is 19.3. The van der Waals surface area contributed by atoms with Gasteiger partial charge in [0.25, 0.3) is 11.8 Å². The molecule has 0 bridgehead atoms. The molecule has 1 aliphatic heterocycles. The summed E-state index contributed by atoms with van der Waals surface area (Å²) < 4.78 is 0. The standard InChI is InChI=1S/C19H22N2O4S/c1-20(2)19(25)17-8-7-16(26-17)12-3-5-13(6-4-12)18(24)21-10-9-14(22)15(23)11-21/h3-8,14-15,22-23H,9-11H2,1-2H3/t14-,15-/m0/s1. The molecule has 0 unspecified atom stereocenters. The first kappa shape index (κ1) is 18.6. The van der Waals surface area contributed by atoms with E-state index in [1.54, 1.807) is 36.0 Å². The number of thiophene rings is 1. The number of likely N-dealkylation sites (tertiary alicyclic amines) is 1. The van der Waals surface area contributed by atoms with E-state index in [0.29, 0.717) is 23.4 Å². The lowest BCUT2D eigenvalue weighted by Gasteiger charge is -2.33. The number of piperidine rings is 1. The molecule has 138 valence electrons. The highest BCUT2D eigenvalue weighted by Crippen LogP contribution is 2.29. The highest BCUT2D eigenvalue weighted by Gasteiger charge is 2.29. The van der Waals surface area contributed by atoms with E-state index >= 15 is 0 Å². The highest BCUT2D eigenvalue weighted by atomic mass is 32.1. The maximum Gasteiger partial charge on any atom is 0.263 e. The molecule has 3 rings (SSSR count). The number of benzene rings is 1. The molecule has 7 heteroatoms. The highest BCUT2D eigenvalue weighted by molar-refractivity contribution is 7.17. The van der Waals surface area contributed by atoms with Crippen LogP contribution in [0.2, 0.25) is 0 Å². The third-order valence-electron chi connectivity index (χ3n) is 4.47. The molecule has 1 saturated heterocycles. The molecule has 1 fully saturated rings. The average Bonchev–Trinajstić information content (AvgIpc) is 3.13. The summed E-state index contributed by atoms with van der Waals surface area (Å²) in [5.41, 5.74) is 1.48. The first-order chi connectivity index (χ1) is 12.4. The van der Waals surface area contributed by atoms with Gasteiger partial charge in [-0.2, -0.15) is 0 Å². The monoisotopic (exact) mass is 374 g/mol. The van der Waals surface area contributed by atoms with Gasteiger partial charge < -0.3 is 20.0 Å². The van der Waals surface area contributed by atoms with Gasteiger partial charge in [0.1, 0.15) is 0 Å². The lowest BCUT2D eigenvalue weighted by Crippen LogP contribution is -2.48. The number of β-amino-alcohol motifs (C(OH)–C–C–N with tert-alkyl or cyclic N) is 1. The van der Waals surface area contributed by atoms with Crippen LogP contribution in [0.3, 0.4) is 0 Å². The third-order valence-corrected chi connectivity index (χ3v) is 5.60. The normalized spacial score (nSPS) is 20.1. The Morgan fingerprint density at radius 3 is 2.38 bits per heavy atom. The minimum atomic E-state index is -0.897. The summed E-state index contributed by atoms with van der Waals surface area (Å²) in [5.74, 6) is -0.184. The zero-order chi connectivity index (χ0) is 18.8. The van der Waals surface area contributed by atoms with E-state index in [1.165, 1.54) is 11.3 Å². The zero-order valence-corrected chi connectivity index (χ0v) is 15.6. The molecule has 0 saturated carbocycles. The molecule has 0 aliphatic carbocycles. The Morgan fingerprint density at radius 2 is 1.77 bits per heavy atom. The van der Waals surface area contributed by atoms with Gasteiger partial charge in [0.05, 0.1) is 17.1 Å². The van der Waals surface area contributed by atoms with Gasteiger partial charge in [0.15, 0.2) is 0 Å². The molecule has 1 aromatic heterocycles. The quantitative estimate of drug-likeness (QED) is 0.857. The van der Waals surface area contributed by atoms with Crippen molar-refractivity contribution in [2.45, 2.75) is 18.6 Å². The molecule has 26 heavy (non-hydrogen) atoms. The number of rotatable bonds is 3. The van der Waals surface area contributed by atoms with E-state index in [-0.39, 0.29) is 18.4 Å². The predicted molar refractivity (Wildman–Crippen MR) is 100 cm³/mol. The van der Waals surface area contributed by atoms with E-state index in [1.807, 2.05) is 24.3 Å². The largest absolute Gasteiger partial charge is 0.390 e. The SMILES string of the molecule is CN(C)C(=O)c1ccc(-c2ccc(C(=O)N3CC[C@H](O)[C@@H](O)C3)cc2)s1. The van der Waals surface area contributed by atoms with Crippen LogP contribution in [0.25, 0.3) is 10.4 Å². The lowest BCUT2D eigenvalue weighted by atomic mass is 10.0. The predicted octanol–water partition coefficient (Wildman–Crippen LogP) is 1.68. The average molecular weight is 374 g/mol. The van der Waals surface area contributed by atoms with Crippen molar-refractivity contribution in [3.05, 3.63) is 46.8 Å². The van der Waals surface area contributed by atoms with Crippen molar-refractivity contribution in [1.29, 1.82) is 0 Å². The Kier molecular flexibility index (Phi) is 5.41. The fraction of sp³-hybridized carbons (Fsp3) is 0.368. The number of carbonyl (C=O) groups is 2. The van der Waals surface area contributed by atoms with Crippen molar-refractivity contribution >= 4 is 23.2 Å². The molecule has 2 amide bonds. The minimum absolute atomic E-state index is 0.0288. The second kappa shape index (κ2) is 7.57. The third kappa shape index (κ3) is 3.80. The summed E-state index contributed by atoms with van der Waals surface area (Å²) >= 11 is 1.42.